The van der Waals surface area contributed by atoms with E-state index in [0.29, 0.717) is 12.6 Å². The van der Waals surface area contributed by atoms with Crippen LogP contribution in [0.25, 0.3) is 0 Å². The topological polar surface area (TPSA) is 77.2 Å². The van der Waals surface area contributed by atoms with E-state index in [-0.39, 0.29) is 6.10 Å². The summed E-state index contributed by atoms with van der Waals surface area (Å²) in [7, 11) is 0. The molecule has 2 heterocycles. The Kier molecular flexibility index (Phi) is 3.77. The van der Waals surface area contributed by atoms with Crippen LogP contribution >= 0.6 is 11.8 Å². The molecule has 1 aromatic heterocycles. The van der Waals surface area contributed by atoms with E-state index in [9.17, 15) is 0 Å². The van der Waals surface area contributed by atoms with Crippen LogP contribution in [0, 0.1) is 0 Å². The van der Waals surface area contributed by atoms with Crippen LogP contribution < -0.4 is 5.48 Å². The van der Waals surface area contributed by atoms with Gasteiger partial charge in [0.2, 0.25) is 5.16 Å². The van der Waals surface area contributed by atoms with E-state index in [2.05, 4.69) is 26.0 Å². The highest BCUT2D eigenvalue weighted by molar-refractivity contribution is 7.99. The third-order valence-corrected chi connectivity index (χ3v) is 4.64. The van der Waals surface area contributed by atoms with Crippen molar-refractivity contribution in [2.75, 3.05) is 12.3 Å². The molecule has 8 heteroatoms. The van der Waals surface area contributed by atoms with Crippen molar-refractivity contribution in [1.29, 1.82) is 0 Å². The van der Waals surface area contributed by atoms with Gasteiger partial charge in [-0.2, -0.15) is 0 Å². The maximum absolute atomic E-state index is 5.68. The van der Waals surface area contributed by atoms with Gasteiger partial charge in [-0.1, -0.05) is 42.1 Å². The van der Waals surface area contributed by atoms with Gasteiger partial charge >= 0.3 is 0 Å². The van der Waals surface area contributed by atoms with Crippen LogP contribution in [0.4, 0.5) is 0 Å². The summed E-state index contributed by atoms with van der Waals surface area (Å²) in [5.41, 5.74) is 3.98. The minimum atomic E-state index is 0.0156. The Bertz CT molecular complexity index is 669. The quantitative estimate of drug-likeness (QED) is 0.841. The van der Waals surface area contributed by atoms with Crippen LogP contribution in [0.5, 0.6) is 0 Å². The van der Waals surface area contributed by atoms with Gasteiger partial charge in [0, 0.05) is 11.3 Å². The lowest BCUT2D eigenvalue weighted by Gasteiger charge is -2.22. The molecule has 0 spiro atoms. The molecule has 1 saturated carbocycles. The third kappa shape index (κ3) is 2.97. The molecule has 0 saturated heterocycles. The Hall–Kier alpha value is -1.93. The molecule has 2 aromatic rings. The monoisotopic (exact) mass is 316 g/mol. The van der Waals surface area contributed by atoms with E-state index in [1.54, 1.807) is 11.8 Å². The lowest BCUT2D eigenvalue weighted by molar-refractivity contribution is 0.0212. The van der Waals surface area contributed by atoms with E-state index in [0.717, 1.165) is 22.3 Å². The second kappa shape index (κ2) is 6.05. The first-order valence-electron chi connectivity index (χ1n) is 7.32. The first-order valence-corrected chi connectivity index (χ1v) is 8.31. The molecule has 2 aliphatic rings. The Morgan fingerprint density at radius 3 is 2.86 bits per heavy atom. The van der Waals surface area contributed by atoms with E-state index >= 15 is 0 Å². The molecule has 1 atom stereocenters. The number of benzene rings is 1. The molecule has 4 rings (SSSR count). The molecule has 1 fully saturated rings. The summed E-state index contributed by atoms with van der Waals surface area (Å²) in [6.45, 7) is 0.634. The zero-order chi connectivity index (χ0) is 14.8. The van der Waals surface area contributed by atoms with Crippen molar-refractivity contribution in [2.24, 2.45) is 4.99 Å². The van der Waals surface area contributed by atoms with Crippen LogP contribution in [0.15, 0.2) is 40.5 Å². The minimum absolute atomic E-state index is 0.0156. The van der Waals surface area contributed by atoms with Gasteiger partial charge < -0.3 is 0 Å². The number of rotatable bonds is 5. The van der Waals surface area contributed by atoms with E-state index in [4.69, 9.17) is 4.84 Å². The van der Waals surface area contributed by atoms with Gasteiger partial charge in [-0.3, -0.25) is 9.83 Å². The van der Waals surface area contributed by atoms with Crippen LogP contribution in [0.3, 0.4) is 0 Å². The summed E-state index contributed by atoms with van der Waals surface area (Å²) in [5, 5.41) is 12.7. The first-order chi connectivity index (χ1) is 10.9. The fourth-order valence-electron chi connectivity index (χ4n) is 2.23. The predicted molar refractivity (Wildman–Crippen MR) is 82.7 cm³/mol. The summed E-state index contributed by atoms with van der Waals surface area (Å²) in [6.07, 6.45) is 2.36. The van der Waals surface area contributed by atoms with Crippen molar-refractivity contribution in [1.82, 2.24) is 25.7 Å². The average Bonchev–Trinajstić information content (AvgIpc) is 3.32. The van der Waals surface area contributed by atoms with Crippen LogP contribution in [-0.4, -0.2) is 44.4 Å². The smallest absolute Gasteiger partial charge is 0.209 e. The molecule has 1 aliphatic carbocycles. The predicted octanol–water partition coefficient (Wildman–Crippen LogP) is 1.45. The van der Waals surface area contributed by atoms with Gasteiger partial charge in [-0.05, 0) is 23.3 Å². The molecule has 0 unspecified atom stereocenters. The highest BCUT2D eigenvalue weighted by atomic mass is 32.2. The Balaban J connectivity index is 1.34. The summed E-state index contributed by atoms with van der Waals surface area (Å²) < 4.78 is 1.92. The molecule has 0 amide bonds. The highest BCUT2D eigenvalue weighted by Gasteiger charge is 2.28. The Labute approximate surface area is 132 Å². The van der Waals surface area contributed by atoms with Crippen LogP contribution in [0.2, 0.25) is 0 Å². The molecule has 1 aromatic carbocycles. The van der Waals surface area contributed by atoms with Gasteiger partial charge in [-0.25, -0.2) is 10.2 Å². The number of nitrogens with one attached hydrogen (secondary N) is 1. The molecule has 22 heavy (non-hydrogen) atoms. The largest absolute Gasteiger partial charge is 0.269 e. The van der Waals surface area contributed by atoms with Crippen molar-refractivity contribution in [3.05, 3.63) is 35.9 Å². The number of aromatic nitrogens is 4. The lowest BCUT2D eigenvalue weighted by atomic mass is 10.2. The summed E-state index contributed by atoms with van der Waals surface area (Å²) in [6, 6.07) is 10.5. The van der Waals surface area contributed by atoms with Gasteiger partial charge in [-0.15, -0.1) is 5.10 Å². The fraction of sp³-hybridized carbons (Fsp3) is 0.429. The van der Waals surface area contributed by atoms with Gasteiger partial charge in [0.1, 0.15) is 6.10 Å². The summed E-state index contributed by atoms with van der Waals surface area (Å²) in [4.78, 5) is 10.2. The van der Waals surface area contributed by atoms with Gasteiger partial charge in [0.05, 0.1) is 12.6 Å². The molecule has 1 aliphatic heterocycles. The number of hydroxylamine groups is 1. The number of tetrazole rings is 1. The molecule has 0 bridgehead atoms. The molecule has 7 nitrogen and oxygen atoms in total. The molecular weight excluding hydrogens is 300 g/mol. The van der Waals surface area contributed by atoms with Crippen molar-refractivity contribution >= 4 is 17.6 Å². The number of aliphatic imine (C=N–C) groups is 1. The van der Waals surface area contributed by atoms with Gasteiger partial charge in [0.25, 0.3) is 0 Å². The lowest BCUT2D eigenvalue weighted by Crippen LogP contribution is -2.38. The zero-order valence-electron chi connectivity index (χ0n) is 11.9. The zero-order valence-corrected chi connectivity index (χ0v) is 12.7. The standard InChI is InChI=1S/C14H16N6OS/c1-2-4-10(5-3-1)13-15-8-12(21-17-13)9-22-14-16-18-19-20(14)11-6-7-11/h1-5,11-12H,6-9H2,(H,15,17)/t12-/m0/s1. The molecule has 0 radical (unpaired) electrons. The summed E-state index contributed by atoms with van der Waals surface area (Å²) >= 11 is 1.62. The maximum Gasteiger partial charge on any atom is 0.209 e. The van der Waals surface area contributed by atoms with E-state index in [1.165, 1.54) is 12.8 Å². The Morgan fingerprint density at radius 2 is 2.14 bits per heavy atom. The number of amidine groups is 1. The number of hydrogen-bond donors (Lipinski definition) is 1. The fourth-order valence-corrected chi connectivity index (χ4v) is 3.15. The Morgan fingerprint density at radius 1 is 1.27 bits per heavy atom. The molecule has 1 N–H and O–H groups in total. The van der Waals surface area contributed by atoms with Crippen molar-refractivity contribution in [2.45, 2.75) is 30.1 Å². The van der Waals surface area contributed by atoms with E-state index in [1.807, 2.05) is 35.0 Å². The van der Waals surface area contributed by atoms with E-state index < -0.39 is 0 Å². The number of nitrogens with zero attached hydrogens (tertiary/aromatic N) is 5. The van der Waals surface area contributed by atoms with Crippen molar-refractivity contribution in [3.63, 3.8) is 0 Å². The maximum atomic E-state index is 5.68. The number of hydrogen-bond acceptors (Lipinski definition) is 7. The van der Waals surface area contributed by atoms with Gasteiger partial charge in [0.15, 0.2) is 5.84 Å². The van der Waals surface area contributed by atoms with Crippen molar-refractivity contribution in [3.8, 4) is 0 Å². The third-order valence-electron chi connectivity index (χ3n) is 3.58. The summed E-state index contributed by atoms with van der Waals surface area (Å²) in [5.74, 6) is 1.55. The second-order valence-electron chi connectivity index (χ2n) is 5.35. The van der Waals surface area contributed by atoms with Crippen LogP contribution in [-0.2, 0) is 4.84 Å². The second-order valence-corrected chi connectivity index (χ2v) is 6.33. The minimum Gasteiger partial charge on any atom is -0.269 e. The SMILES string of the molecule is c1ccc(C2=NC[C@@H](CSc3nnnn3C3CC3)ON2)cc1. The highest BCUT2D eigenvalue weighted by Crippen LogP contribution is 2.36. The molecular formula is C14H16N6OS. The molecule has 114 valence electrons. The normalized spacial score (nSPS) is 21.3. The van der Waals surface area contributed by atoms with Crippen LogP contribution in [0.1, 0.15) is 24.4 Å². The van der Waals surface area contributed by atoms with Crippen molar-refractivity contribution < 1.29 is 4.84 Å². The first kappa shape index (κ1) is 13.7. The average molecular weight is 316 g/mol. The number of thioether (sulfide) groups is 1.